The van der Waals surface area contributed by atoms with Gasteiger partial charge in [-0.3, -0.25) is 0 Å². The summed E-state index contributed by atoms with van der Waals surface area (Å²) in [4.78, 5) is 0. The van der Waals surface area contributed by atoms with E-state index >= 15 is 0 Å². The minimum absolute atomic E-state index is 0.0502. The van der Waals surface area contributed by atoms with Crippen molar-refractivity contribution in [1.82, 2.24) is 0 Å². The Hall–Kier alpha value is -1.84. The summed E-state index contributed by atoms with van der Waals surface area (Å²) in [5.41, 5.74) is 3.59. The van der Waals surface area contributed by atoms with E-state index in [0.29, 0.717) is 0 Å². The van der Waals surface area contributed by atoms with E-state index in [2.05, 4.69) is 0 Å². The Morgan fingerprint density at radius 2 is 1.95 bits per heavy atom. The number of rotatable bonds is 4. The van der Waals surface area contributed by atoms with Gasteiger partial charge in [0.1, 0.15) is 5.75 Å². The smallest absolute Gasteiger partial charge is 0.119 e. The van der Waals surface area contributed by atoms with E-state index in [-0.39, 0.29) is 6.61 Å². The molecule has 0 radical (unpaired) electrons. The molecule has 0 aliphatic heterocycles. The maximum atomic E-state index is 9.63. The average Bonchev–Trinajstić information content (AvgIpc) is 2.46. The molecule has 2 N–H and O–H groups in total. The topological polar surface area (TPSA) is 49.7 Å². The van der Waals surface area contributed by atoms with Crippen LogP contribution in [0.5, 0.6) is 5.75 Å². The molecule has 0 fully saturated rings. The third kappa shape index (κ3) is 2.95. The fraction of sp³-hybridized carbons (Fsp3) is 0.250. The summed E-state index contributed by atoms with van der Waals surface area (Å²) in [6.45, 7) is 1.69. The molecule has 0 aliphatic carbocycles. The summed E-state index contributed by atoms with van der Waals surface area (Å²) in [6.07, 6.45) is -0.504. The molecule has 3 heteroatoms. The molecule has 0 amide bonds. The second kappa shape index (κ2) is 5.87. The van der Waals surface area contributed by atoms with Gasteiger partial charge in [0.15, 0.2) is 0 Å². The lowest BCUT2D eigenvalue weighted by Gasteiger charge is -2.12. The highest BCUT2D eigenvalue weighted by molar-refractivity contribution is 5.69. The molecule has 0 saturated heterocycles. The molecule has 2 aromatic rings. The molecule has 1 atom stereocenters. The van der Waals surface area contributed by atoms with Gasteiger partial charge in [0.25, 0.3) is 0 Å². The van der Waals surface area contributed by atoms with Crippen LogP contribution in [0.3, 0.4) is 0 Å². The van der Waals surface area contributed by atoms with Crippen molar-refractivity contribution in [3.8, 4) is 16.9 Å². The quantitative estimate of drug-likeness (QED) is 0.886. The van der Waals surface area contributed by atoms with Crippen molar-refractivity contribution in [2.45, 2.75) is 19.6 Å². The first kappa shape index (κ1) is 13.6. The zero-order valence-electron chi connectivity index (χ0n) is 11.1. The molecular weight excluding hydrogens is 240 g/mol. The van der Waals surface area contributed by atoms with Gasteiger partial charge in [-0.1, -0.05) is 24.3 Å². The lowest BCUT2D eigenvalue weighted by atomic mass is 9.97. The van der Waals surface area contributed by atoms with E-state index in [0.717, 1.165) is 28.0 Å². The van der Waals surface area contributed by atoms with Gasteiger partial charge in [0.2, 0.25) is 0 Å². The van der Waals surface area contributed by atoms with Crippen LogP contribution in [0.25, 0.3) is 11.1 Å². The van der Waals surface area contributed by atoms with Crippen molar-refractivity contribution in [1.29, 1.82) is 0 Å². The monoisotopic (exact) mass is 258 g/mol. The van der Waals surface area contributed by atoms with Crippen LogP contribution in [0.2, 0.25) is 0 Å². The minimum atomic E-state index is -0.504. The van der Waals surface area contributed by atoms with Crippen molar-refractivity contribution >= 4 is 0 Å². The number of hydrogen-bond donors (Lipinski definition) is 2. The van der Waals surface area contributed by atoms with Crippen molar-refractivity contribution < 1.29 is 14.9 Å². The maximum absolute atomic E-state index is 9.63. The fourth-order valence-corrected chi connectivity index (χ4v) is 2.08. The van der Waals surface area contributed by atoms with Gasteiger partial charge in [-0.2, -0.15) is 0 Å². The van der Waals surface area contributed by atoms with E-state index < -0.39 is 6.10 Å². The summed E-state index contributed by atoms with van der Waals surface area (Å²) in [5, 5.41) is 19.1. The molecule has 0 bridgehead atoms. The molecule has 0 spiro atoms. The highest BCUT2D eigenvalue weighted by Crippen LogP contribution is 2.29. The molecule has 19 heavy (non-hydrogen) atoms. The minimum Gasteiger partial charge on any atom is -0.497 e. The molecule has 0 aromatic heterocycles. The number of methoxy groups -OCH3 is 1. The summed E-state index contributed by atoms with van der Waals surface area (Å²) >= 11 is 0. The lowest BCUT2D eigenvalue weighted by Crippen LogP contribution is -1.94. The van der Waals surface area contributed by atoms with Crippen LogP contribution in [0.1, 0.15) is 24.2 Å². The Balaban J connectivity index is 2.49. The first-order chi connectivity index (χ1) is 9.15. The van der Waals surface area contributed by atoms with Crippen LogP contribution in [-0.2, 0) is 6.61 Å². The van der Waals surface area contributed by atoms with Gasteiger partial charge in [-0.25, -0.2) is 0 Å². The Labute approximate surface area is 113 Å². The number of benzene rings is 2. The normalized spacial score (nSPS) is 12.2. The largest absolute Gasteiger partial charge is 0.497 e. The van der Waals surface area contributed by atoms with Crippen molar-refractivity contribution in [3.63, 3.8) is 0 Å². The maximum Gasteiger partial charge on any atom is 0.119 e. The Morgan fingerprint density at radius 1 is 1.16 bits per heavy atom. The van der Waals surface area contributed by atoms with E-state index in [1.54, 1.807) is 14.0 Å². The first-order valence-corrected chi connectivity index (χ1v) is 6.22. The van der Waals surface area contributed by atoms with Crippen LogP contribution in [0.15, 0.2) is 42.5 Å². The summed E-state index contributed by atoms with van der Waals surface area (Å²) in [5.74, 6) is 0.722. The Bertz CT molecular complexity index is 562. The molecule has 0 aliphatic rings. The summed E-state index contributed by atoms with van der Waals surface area (Å²) in [7, 11) is 1.60. The van der Waals surface area contributed by atoms with E-state index in [4.69, 9.17) is 4.74 Å². The zero-order valence-corrected chi connectivity index (χ0v) is 11.1. The average molecular weight is 258 g/mol. The van der Waals surface area contributed by atoms with Gasteiger partial charge in [0.05, 0.1) is 19.8 Å². The molecular formula is C16H18O3. The highest BCUT2D eigenvalue weighted by atomic mass is 16.5. The van der Waals surface area contributed by atoms with Crippen LogP contribution in [0, 0.1) is 0 Å². The third-order valence-electron chi connectivity index (χ3n) is 3.16. The fourth-order valence-electron chi connectivity index (χ4n) is 2.08. The third-order valence-corrected chi connectivity index (χ3v) is 3.16. The van der Waals surface area contributed by atoms with Gasteiger partial charge in [-0.15, -0.1) is 0 Å². The number of hydrogen-bond acceptors (Lipinski definition) is 3. The highest BCUT2D eigenvalue weighted by Gasteiger charge is 2.08. The molecule has 0 unspecified atom stereocenters. The summed E-state index contributed by atoms with van der Waals surface area (Å²) in [6, 6.07) is 13.3. The van der Waals surface area contributed by atoms with Gasteiger partial charge < -0.3 is 14.9 Å². The lowest BCUT2D eigenvalue weighted by molar-refractivity contribution is 0.199. The first-order valence-electron chi connectivity index (χ1n) is 6.22. The zero-order chi connectivity index (χ0) is 13.8. The number of aliphatic hydroxyl groups is 2. The predicted molar refractivity (Wildman–Crippen MR) is 75.0 cm³/mol. The number of ether oxygens (including phenoxy) is 1. The Morgan fingerprint density at radius 3 is 2.58 bits per heavy atom. The van der Waals surface area contributed by atoms with E-state index in [9.17, 15) is 10.2 Å². The Kier molecular flexibility index (Phi) is 4.20. The standard InChI is InChI=1S/C16H18O3/c1-11(18)12-4-3-5-13(8-12)16-7-6-15(19-2)9-14(16)10-17/h3-9,11,17-18H,10H2,1-2H3/t11-/m0/s1. The van der Waals surface area contributed by atoms with Crippen molar-refractivity contribution in [3.05, 3.63) is 53.6 Å². The van der Waals surface area contributed by atoms with Crippen LogP contribution >= 0.6 is 0 Å². The van der Waals surface area contributed by atoms with Crippen molar-refractivity contribution in [2.24, 2.45) is 0 Å². The second-order valence-corrected chi connectivity index (χ2v) is 4.48. The predicted octanol–water partition coefficient (Wildman–Crippen LogP) is 2.91. The molecule has 2 aromatic carbocycles. The van der Waals surface area contributed by atoms with Crippen LogP contribution in [0.4, 0.5) is 0 Å². The van der Waals surface area contributed by atoms with Gasteiger partial charge in [0, 0.05) is 0 Å². The van der Waals surface area contributed by atoms with Crippen molar-refractivity contribution in [2.75, 3.05) is 7.11 Å². The molecule has 3 nitrogen and oxygen atoms in total. The summed E-state index contributed by atoms with van der Waals surface area (Å²) < 4.78 is 5.16. The van der Waals surface area contributed by atoms with E-state index in [1.807, 2.05) is 42.5 Å². The van der Waals surface area contributed by atoms with E-state index in [1.165, 1.54) is 0 Å². The van der Waals surface area contributed by atoms with Crippen LogP contribution in [-0.4, -0.2) is 17.3 Å². The molecule has 100 valence electrons. The molecule has 0 heterocycles. The van der Waals surface area contributed by atoms with Gasteiger partial charge >= 0.3 is 0 Å². The molecule has 0 saturated carbocycles. The van der Waals surface area contributed by atoms with Gasteiger partial charge in [-0.05, 0) is 47.4 Å². The number of aliphatic hydroxyl groups excluding tert-OH is 2. The SMILES string of the molecule is COc1ccc(-c2cccc([C@H](C)O)c2)c(CO)c1. The molecule has 2 rings (SSSR count). The second-order valence-electron chi connectivity index (χ2n) is 4.48. The van der Waals surface area contributed by atoms with Crippen LogP contribution < -0.4 is 4.74 Å².